The number of amides is 2. The molecule has 2 saturated heterocycles. The van der Waals surface area contributed by atoms with Crippen LogP contribution in [0.15, 0.2) is 24.3 Å². The van der Waals surface area contributed by atoms with Gasteiger partial charge in [0.15, 0.2) is 6.61 Å². The highest BCUT2D eigenvalue weighted by Crippen LogP contribution is 2.36. The van der Waals surface area contributed by atoms with Crippen LogP contribution in [0.5, 0.6) is 11.5 Å². The lowest BCUT2D eigenvalue weighted by molar-refractivity contribution is -0.136. The average molecular weight is 434 g/mol. The number of rotatable bonds is 9. The fourth-order valence-electron chi connectivity index (χ4n) is 4.62. The summed E-state index contributed by atoms with van der Waals surface area (Å²) in [5, 5.41) is 0. The van der Waals surface area contributed by atoms with Crippen LogP contribution in [-0.2, 0) is 14.3 Å². The molecule has 1 aromatic carbocycles. The van der Waals surface area contributed by atoms with E-state index in [-0.39, 0.29) is 18.4 Å². The van der Waals surface area contributed by atoms with Gasteiger partial charge in [-0.15, -0.1) is 0 Å². The predicted octanol–water partition coefficient (Wildman–Crippen LogP) is 1.67. The highest BCUT2D eigenvalue weighted by atomic mass is 16.5. The molecule has 1 aromatic rings. The molecule has 0 aromatic heterocycles. The van der Waals surface area contributed by atoms with Gasteiger partial charge in [-0.3, -0.25) is 9.59 Å². The van der Waals surface area contributed by atoms with E-state index < -0.39 is 5.41 Å². The summed E-state index contributed by atoms with van der Waals surface area (Å²) >= 11 is 0. The van der Waals surface area contributed by atoms with E-state index in [1.807, 2.05) is 17.0 Å². The maximum absolute atomic E-state index is 12.5. The minimum absolute atomic E-state index is 0.0141. The lowest BCUT2D eigenvalue weighted by atomic mass is 9.74. The minimum atomic E-state index is -0.442. The molecular weight excluding hydrogens is 398 g/mol. The van der Waals surface area contributed by atoms with Crippen molar-refractivity contribution in [2.24, 2.45) is 11.1 Å². The van der Waals surface area contributed by atoms with Crippen LogP contribution in [0, 0.1) is 5.41 Å². The van der Waals surface area contributed by atoms with E-state index in [1.165, 1.54) is 0 Å². The van der Waals surface area contributed by atoms with Crippen molar-refractivity contribution in [2.45, 2.75) is 38.1 Å². The SMILES string of the molecule is COCCC1(C(N)=O)CCN(C2CCN(C(=O)COc3ccc(OC)cc3)CC2)CC1. The van der Waals surface area contributed by atoms with Gasteiger partial charge in [-0.1, -0.05) is 0 Å². The second-order valence-electron chi connectivity index (χ2n) is 8.50. The Hall–Kier alpha value is -2.32. The van der Waals surface area contributed by atoms with E-state index in [1.54, 1.807) is 26.4 Å². The average Bonchev–Trinajstić information content (AvgIpc) is 2.82. The summed E-state index contributed by atoms with van der Waals surface area (Å²) in [5.41, 5.74) is 5.29. The third kappa shape index (κ3) is 5.89. The fraction of sp³-hybridized carbons (Fsp3) is 0.652. The molecule has 172 valence electrons. The van der Waals surface area contributed by atoms with E-state index in [9.17, 15) is 9.59 Å². The second-order valence-corrected chi connectivity index (χ2v) is 8.50. The summed E-state index contributed by atoms with van der Waals surface area (Å²) in [7, 11) is 3.27. The molecule has 0 radical (unpaired) electrons. The van der Waals surface area contributed by atoms with E-state index in [4.69, 9.17) is 19.9 Å². The standard InChI is InChI=1S/C23H35N3O5/c1-29-16-11-23(22(24)28)9-14-25(15-10-23)18-7-12-26(13-8-18)21(27)17-31-20-5-3-19(30-2)4-6-20/h3-6,18H,7-17H2,1-2H3,(H2,24,28). The molecule has 8 heteroatoms. The number of nitrogens with two attached hydrogens (primary N) is 1. The summed E-state index contributed by atoms with van der Waals surface area (Å²) in [6.07, 6.45) is 4.13. The van der Waals surface area contributed by atoms with Crippen LogP contribution in [0.4, 0.5) is 0 Å². The topological polar surface area (TPSA) is 94.3 Å². The number of piperidine rings is 2. The second kappa shape index (κ2) is 10.8. The molecule has 8 nitrogen and oxygen atoms in total. The molecule has 0 unspecified atom stereocenters. The zero-order chi connectivity index (χ0) is 22.3. The number of nitrogens with zero attached hydrogens (tertiary/aromatic N) is 2. The van der Waals surface area contributed by atoms with Crippen LogP contribution in [0.25, 0.3) is 0 Å². The van der Waals surface area contributed by atoms with Gasteiger partial charge in [0.1, 0.15) is 11.5 Å². The zero-order valence-corrected chi connectivity index (χ0v) is 18.7. The van der Waals surface area contributed by atoms with Gasteiger partial charge in [-0.05, 0) is 69.5 Å². The third-order valence-electron chi connectivity index (χ3n) is 6.82. The summed E-state index contributed by atoms with van der Waals surface area (Å²) in [6.45, 7) is 3.80. The Morgan fingerprint density at radius 2 is 1.65 bits per heavy atom. The van der Waals surface area contributed by atoms with E-state index in [0.29, 0.717) is 24.8 Å². The van der Waals surface area contributed by atoms with Crippen LogP contribution in [0.1, 0.15) is 32.1 Å². The van der Waals surface area contributed by atoms with E-state index in [2.05, 4.69) is 4.90 Å². The maximum Gasteiger partial charge on any atom is 0.260 e. The van der Waals surface area contributed by atoms with Gasteiger partial charge in [0, 0.05) is 32.8 Å². The predicted molar refractivity (Wildman–Crippen MR) is 117 cm³/mol. The maximum atomic E-state index is 12.5. The molecule has 2 aliphatic rings. The highest BCUT2D eigenvalue weighted by molar-refractivity contribution is 5.81. The molecule has 2 aliphatic heterocycles. The molecule has 0 atom stereocenters. The first-order valence-electron chi connectivity index (χ1n) is 11.0. The summed E-state index contributed by atoms with van der Waals surface area (Å²) in [4.78, 5) is 28.9. The fourth-order valence-corrected chi connectivity index (χ4v) is 4.62. The highest BCUT2D eigenvalue weighted by Gasteiger charge is 2.41. The van der Waals surface area contributed by atoms with Crippen molar-refractivity contribution >= 4 is 11.8 Å². The number of methoxy groups -OCH3 is 2. The van der Waals surface area contributed by atoms with Crippen molar-refractivity contribution in [3.8, 4) is 11.5 Å². The quantitative estimate of drug-likeness (QED) is 0.637. The lowest BCUT2D eigenvalue weighted by Crippen LogP contribution is -2.53. The van der Waals surface area contributed by atoms with E-state index >= 15 is 0 Å². The first-order valence-corrected chi connectivity index (χ1v) is 11.0. The van der Waals surface area contributed by atoms with Crippen LogP contribution in [0.3, 0.4) is 0 Å². The Kier molecular flexibility index (Phi) is 8.15. The third-order valence-corrected chi connectivity index (χ3v) is 6.82. The van der Waals surface area contributed by atoms with Gasteiger partial charge >= 0.3 is 0 Å². The Morgan fingerprint density at radius 3 is 2.19 bits per heavy atom. The first-order chi connectivity index (χ1) is 15.0. The zero-order valence-electron chi connectivity index (χ0n) is 18.7. The number of carbonyl (C=O) groups is 2. The number of hydrogen-bond donors (Lipinski definition) is 1. The van der Waals surface area contributed by atoms with Crippen molar-refractivity contribution in [2.75, 3.05) is 53.6 Å². The summed E-state index contributed by atoms with van der Waals surface area (Å²) < 4.78 is 15.9. The first kappa shape index (κ1) is 23.3. The van der Waals surface area contributed by atoms with Gasteiger partial charge in [0.25, 0.3) is 5.91 Å². The molecule has 2 amide bonds. The van der Waals surface area contributed by atoms with E-state index in [0.717, 1.165) is 57.6 Å². The molecule has 2 heterocycles. The largest absolute Gasteiger partial charge is 0.497 e. The van der Waals surface area contributed by atoms with Gasteiger partial charge in [0.05, 0.1) is 12.5 Å². The van der Waals surface area contributed by atoms with Crippen LogP contribution < -0.4 is 15.2 Å². The number of benzene rings is 1. The number of primary amides is 1. The Morgan fingerprint density at radius 1 is 1.03 bits per heavy atom. The normalized spacial score (nSPS) is 19.7. The van der Waals surface area contributed by atoms with Crippen molar-refractivity contribution in [1.82, 2.24) is 9.80 Å². The number of hydrogen-bond acceptors (Lipinski definition) is 6. The van der Waals surface area contributed by atoms with Gasteiger partial charge < -0.3 is 29.7 Å². The molecule has 2 fully saturated rings. The molecule has 3 rings (SSSR count). The molecule has 0 aliphatic carbocycles. The molecule has 2 N–H and O–H groups in total. The van der Waals surface area contributed by atoms with Crippen molar-refractivity contribution in [1.29, 1.82) is 0 Å². The Bertz CT molecular complexity index is 723. The minimum Gasteiger partial charge on any atom is -0.497 e. The number of ether oxygens (including phenoxy) is 3. The molecule has 0 saturated carbocycles. The molecule has 0 bridgehead atoms. The van der Waals surface area contributed by atoms with Crippen molar-refractivity contribution in [3.63, 3.8) is 0 Å². The summed E-state index contributed by atoms with van der Waals surface area (Å²) in [5.74, 6) is 1.22. The molecule has 31 heavy (non-hydrogen) atoms. The van der Waals surface area contributed by atoms with Crippen molar-refractivity contribution in [3.05, 3.63) is 24.3 Å². The van der Waals surface area contributed by atoms with Crippen LogP contribution >= 0.6 is 0 Å². The number of likely N-dealkylation sites (tertiary alicyclic amines) is 2. The Labute approximate surface area is 184 Å². The van der Waals surface area contributed by atoms with Crippen LogP contribution in [-0.4, -0.2) is 81.3 Å². The van der Waals surface area contributed by atoms with Gasteiger partial charge in [-0.25, -0.2) is 0 Å². The molecular formula is C23H35N3O5. The lowest BCUT2D eigenvalue weighted by Gasteiger charge is -2.45. The Balaban J connectivity index is 1.42. The number of carbonyl (C=O) groups excluding carboxylic acids is 2. The van der Waals surface area contributed by atoms with Crippen molar-refractivity contribution < 1.29 is 23.8 Å². The van der Waals surface area contributed by atoms with Gasteiger partial charge in [0.2, 0.25) is 5.91 Å². The molecule has 0 spiro atoms. The summed E-state index contributed by atoms with van der Waals surface area (Å²) in [6, 6.07) is 7.67. The monoisotopic (exact) mass is 433 g/mol. The van der Waals surface area contributed by atoms with Crippen LogP contribution in [0.2, 0.25) is 0 Å². The van der Waals surface area contributed by atoms with Gasteiger partial charge in [-0.2, -0.15) is 0 Å². The smallest absolute Gasteiger partial charge is 0.260 e.